The second-order valence-electron chi connectivity index (χ2n) is 14.7. The van der Waals surface area contributed by atoms with E-state index in [0.29, 0.717) is 65.3 Å². The number of nitrogens with zero attached hydrogens (tertiary/aromatic N) is 3. The number of carboxylic acids is 1. The Labute approximate surface area is 353 Å². The Morgan fingerprint density at radius 3 is 2.26 bits per heavy atom. The Morgan fingerprint density at radius 2 is 1.56 bits per heavy atom. The fraction of sp³-hybridized carbons (Fsp3) is 0.256. The number of nitrogens with one attached hydrogen (secondary N) is 4. The molecule has 5 N–H and O–H groups in total. The van der Waals surface area contributed by atoms with Crippen molar-refractivity contribution in [2.45, 2.75) is 32.7 Å². The van der Waals surface area contributed by atoms with Gasteiger partial charge in [0.2, 0.25) is 10.0 Å². The number of pyridine rings is 1. The highest BCUT2D eigenvalue weighted by Gasteiger charge is 2.23. The molecule has 4 aromatic carbocycles. The first kappa shape index (κ1) is 43.5. The van der Waals surface area contributed by atoms with Crippen molar-refractivity contribution in [2.24, 2.45) is 0 Å². The minimum Gasteiger partial charge on any atom is -0.497 e. The van der Waals surface area contributed by atoms with Crippen LogP contribution in [0.2, 0.25) is 0 Å². The molecular formula is C43H47N7O10S. The Hall–Kier alpha value is -7.05. The molecule has 17 nitrogen and oxygen atoms in total. The zero-order valence-electron chi connectivity index (χ0n) is 34.4. The third-order valence-corrected chi connectivity index (χ3v) is 9.61. The lowest BCUT2D eigenvalue weighted by molar-refractivity contribution is 0.0696. The number of fused-ring (bicyclic) bond motifs is 1. The maximum absolute atomic E-state index is 13.5. The van der Waals surface area contributed by atoms with E-state index in [4.69, 9.17) is 28.8 Å². The van der Waals surface area contributed by atoms with Crippen LogP contribution < -0.4 is 39.6 Å². The van der Waals surface area contributed by atoms with Crippen LogP contribution in [0.3, 0.4) is 0 Å². The van der Waals surface area contributed by atoms with E-state index in [1.165, 1.54) is 24.2 Å². The molecular weight excluding hydrogens is 807 g/mol. The minimum atomic E-state index is -3.65. The van der Waals surface area contributed by atoms with E-state index < -0.39 is 22.0 Å². The molecule has 61 heavy (non-hydrogen) atoms. The highest BCUT2D eigenvalue weighted by Crippen LogP contribution is 2.40. The summed E-state index contributed by atoms with van der Waals surface area (Å²) in [6.45, 7) is 7.21. The van der Waals surface area contributed by atoms with Crippen molar-refractivity contribution < 1.29 is 46.8 Å². The predicted molar refractivity (Wildman–Crippen MR) is 233 cm³/mol. The monoisotopic (exact) mass is 853 g/mol. The van der Waals surface area contributed by atoms with Crippen LogP contribution in [-0.4, -0.2) is 80.6 Å². The lowest BCUT2D eigenvalue weighted by atomic mass is 9.86. The quantitative estimate of drug-likeness (QED) is 0.0518. The highest BCUT2D eigenvalue weighted by molar-refractivity contribution is 7.92. The number of aromatic carboxylic acids is 1. The maximum Gasteiger partial charge on any atom is 0.338 e. The molecule has 0 bridgehead atoms. The molecule has 6 aromatic rings. The van der Waals surface area contributed by atoms with Gasteiger partial charge in [-0.1, -0.05) is 45.0 Å². The standard InChI is InChI=1S/C43H47N7O10S/c1-43(2,3)28-19-36(40(57-5)37(20-28)49-61(6,54)55)48-42(53)47-35-11-12-38(34-10-8-7-9-33(34)35)60-30-13-14-44-39(24-30)46-29-21-31(56-4)23-32(22-29)59-18-17-58-16-15-50-26-27(25-45-50)41(51)52/h7-14,19-26,49H,15-18H2,1-6H3,(H,44,46)(H,51,52)(H2,47,48,53). The molecule has 0 fully saturated rings. The molecule has 0 radical (unpaired) electrons. The molecule has 6 rings (SSSR count). The van der Waals surface area contributed by atoms with Gasteiger partial charge in [-0.25, -0.2) is 23.0 Å². The summed E-state index contributed by atoms with van der Waals surface area (Å²) in [6.07, 6.45) is 5.39. The first-order chi connectivity index (χ1) is 29.1. The Morgan fingerprint density at radius 1 is 0.820 bits per heavy atom. The number of methoxy groups -OCH3 is 2. The van der Waals surface area contributed by atoms with Crippen LogP contribution in [0.5, 0.6) is 28.7 Å². The Kier molecular flexibility index (Phi) is 13.5. The van der Waals surface area contributed by atoms with E-state index in [1.54, 1.807) is 67.9 Å². The minimum absolute atomic E-state index is 0.115. The Bertz CT molecular complexity index is 2640. The molecule has 2 heterocycles. The number of amides is 2. The van der Waals surface area contributed by atoms with Crippen molar-refractivity contribution in [3.05, 3.63) is 109 Å². The van der Waals surface area contributed by atoms with Gasteiger partial charge >= 0.3 is 12.0 Å². The number of rotatable bonds is 18. The fourth-order valence-electron chi connectivity index (χ4n) is 6.13. The van der Waals surface area contributed by atoms with Gasteiger partial charge in [0.1, 0.15) is 35.4 Å². The van der Waals surface area contributed by atoms with E-state index in [0.717, 1.165) is 17.2 Å². The summed E-state index contributed by atoms with van der Waals surface area (Å²) in [6, 6.07) is 22.6. The number of carboxylic acid groups (broad SMARTS) is 1. The van der Waals surface area contributed by atoms with E-state index in [2.05, 4.69) is 30.8 Å². The fourth-order valence-corrected chi connectivity index (χ4v) is 6.68. The highest BCUT2D eigenvalue weighted by atomic mass is 32.2. The number of urea groups is 1. The number of benzene rings is 4. The van der Waals surface area contributed by atoms with Gasteiger partial charge in [0.05, 0.1) is 69.1 Å². The second-order valence-corrected chi connectivity index (χ2v) is 16.5. The van der Waals surface area contributed by atoms with Gasteiger partial charge in [0.15, 0.2) is 5.75 Å². The SMILES string of the molecule is COc1cc(Nc2cc(Oc3ccc(NC(=O)Nc4cc(C(C)(C)C)cc(NS(C)(=O)=O)c4OC)c4ccccc34)ccn2)cc(OCCOCCn2cc(C(=O)O)cn2)c1. The van der Waals surface area contributed by atoms with Crippen molar-refractivity contribution in [1.82, 2.24) is 14.8 Å². The number of aromatic nitrogens is 3. The number of sulfonamides is 1. The molecule has 0 saturated heterocycles. The summed E-state index contributed by atoms with van der Waals surface area (Å²) in [4.78, 5) is 29.0. The third kappa shape index (κ3) is 11.8. The summed E-state index contributed by atoms with van der Waals surface area (Å²) in [5.41, 5.74) is 2.16. The van der Waals surface area contributed by atoms with Crippen molar-refractivity contribution in [2.75, 3.05) is 61.0 Å². The first-order valence-corrected chi connectivity index (χ1v) is 20.8. The van der Waals surface area contributed by atoms with E-state index in [-0.39, 0.29) is 34.7 Å². The number of carbonyl (C=O) groups is 2. The lowest BCUT2D eigenvalue weighted by Crippen LogP contribution is -2.22. The van der Waals surface area contributed by atoms with Crippen molar-refractivity contribution >= 4 is 61.4 Å². The molecule has 0 atom stereocenters. The average molecular weight is 854 g/mol. The van der Waals surface area contributed by atoms with Crippen LogP contribution in [0.4, 0.5) is 33.4 Å². The molecule has 0 unspecified atom stereocenters. The molecule has 2 amide bonds. The summed E-state index contributed by atoms with van der Waals surface area (Å²) < 4.78 is 57.3. The van der Waals surface area contributed by atoms with Crippen LogP contribution in [0.25, 0.3) is 10.8 Å². The smallest absolute Gasteiger partial charge is 0.338 e. The summed E-state index contributed by atoms with van der Waals surface area (Å²) in [5, 5.41) is 23.5. The molecule has 0 aliphatic heterocycles. The van der Waals surface area contributed by atoms with E-state index in [1.807, 2.05) is 45.0 Å². The Balaban J connectivity index is 1.11. The van der Waals surface area contributed by atoms with Crippen molar-refractivity contribution in [1.29, 1.82) is 0 Å². The average Bonchev–Trinajstić information content (AvgIpc) is 3.69. The van der Waals surface area contributed by atoms with Gasteiger partial charge in [0, 0.05) is 53.1 Å². The number of ether oxygens (including phenoxy) is 5. The van der Waals surface area contributed by atoms with Gasteiger partial charge in [-0.3, -0.25) is 9.40 Å². The van der Waals surface area contributed by atoms with Gasteiger partial charge < -0.3 is 44.7 Å². The zero-order chi connectivity index (χ0) is 43.7. The molecule has 0 saturated carbocycles. The molecule has 0 spiro atoms. The second kappa shape index (κ2) is 18.9. The molecule has 18 heteroatoms. The lowest BCUT2D eigenvalue weighted by Gasteiger charge is -2.24. The van der Waals surface area contributed by atoms with E-state index >= 15 is 0 Å². The normalized spacial score (nSPS) is 11.4. The van der Waals surface area contributed by atoms with Crippen molar-refractivity contribution in [3.8, 4) is 28.7 Å². The van der Waals surface area contributed by atoms with Crippen LogP contribution in [-0.2, 0) is 26.7 Å². The van der Waals surface area contributed by atoms with Gasteiger partial charge in [-0.2, -0.15) is 5.10 Å². The van der Waals surface area contributed by atoms with Crippen LogP contribution in [0.1, 0.15) is 36.7 Å². The topological polar surface area (TPSA) is 213 Å². The predicted octanol–water partition coefficient (Wildman–Crippen LogP) is 8.09. The summed E-state index contributed by atoms with van der Waals surface area (Å²) >= 11 is 0. The largest absolute Gasteiger partial charge is 0.497 e. The summed E-state index contributed by atoms with van der Waals surface area (Å²) in [7, 11) is -0.695. The molecule has 2 aromatic heterocycles. The van der Waals surface area contributed by atoms with Gasteiger partial charge in [0.25, 0.3) is 0 Å². The maximum atomic E-state index is 13.5. The zero-order valence-corrected chi connectivity index (χ0v) is 35.3. The van der Waals surface area contributed by atoms with Gasteiger partial charge in [-0.15, -0.1) is 0 Å². The van der Waals surface area contributed by atoms with E-state index in [9.17, 15) is 18.0 Å². The van der Waals surface area contributed by atoms with Crippen LogP contribution >= 0.6 is 0 Å². The first-order valence-electron chi connectivity index (χ1n) is 18.9. The third-order valence-electron chi connectivity index (χ3n) is 9.02. The van der Waals surface area contributed by atoms with Crippen LogP contribution in [0.15, 0.2) is 97.5 Å². The number of anilines is 5. The summed E-state index contributed by atoms with van der Waals surface area (Å²) in [5.74, 6) is 1.74. The van der Waals surface area contributed by atoms with Gasteiger partial charge in [-0.05, 0) is 41.3 Å². The number of hydrogen-bond donors (Lipinski definition) is 5. The molecule has 0 aliphatic rings. The number of carbonyl (C=O) groups excluding carboxylic acids is 1. The van der Waals surface area contributed by atoms with Crippen molar-refractivity contribution in [3.63, 3.8) is 0 Å². The molecule has 320 valence electrons. The number of hydrogen-bond acceptors (Lipinski definition) is 12. The van der Waals surface area contributed by atoms with Crippen LogP contribution in [0, 0.1) is 0 Å². The molecule has 0 aliphatic carbocycles.